The summed E-state index contributed by atoms with van der Waals surface area (Å²) in [6, 6.07) is 17.3. The molecule has 0 saturated carbocycles. The molecule has 0 radical (unpaired) electrons. The Morgan fingerprint density at radius 1 is 0.966 bits per heavy atom. The van der Waals surface area contributed by atoms with Gasteiger partial charge in [-0.3, -0.25) is 24.1 Å². The number of ether oxygens (including phenoxy) is 3. The van der Waals surface area contributed by atoms with E-state index in [-0.39, 0.29) is 41.3 Å². The van der Waals surface area contributed by atoms with Crippen LogP contribution in [0.1, 0.15) is 68.9 Å². The summed E-state index contributed by atoms with van der Waals surface area (Å²) in [5.74, 6) is -3.38. The van der Waals surface area contributed by atoms with Gasteiger partial charge in [-0.1, -0.05) is 87.5 Å². The molecule has 6 atom stereocenters. The molecule has 13 heteroatoms. The predicted molar refractivity (Wildman–Crippen MR) is 220 cm³/mol. The van der Waals surface area contributed by atoms with E-state index in [9.17, 15) is 29.1 Å². The lowest BCUT2D eigenvalue weighted by atomic mass is 9.85. The molecule has 1 aliphatic carbocycles. The third-order valence-electron chi connectivity index (χ3n) is 10.4. The number of benzene rings is 2. The van der Waals surface area contributed by atoms with Crippen molar-refractivity contribution in [3.05, 3.63) is 130 Å². The number of primary amides is 1. The summed E-state index contributed by atoms with van der Waals surface area (Å²) in [5.41, 5.74) is 8.22. The van der Waals surface area contributed by atoms with E-state index in [2.05, 4.69) is 34.6 Å². The van der Waals surface area contributed by atoms with Gasteiger partial charge in [0.25, 0.3) is 11.8 Å². The van der Waals surface area contributed by atoms with Gasteiger partial charge < -0.3 is 35.7 Å². The molecule has 0 saturated heterocycles. The van der Waals surface area contributed by atoms with E-state index >= 15 is 0 Å². The Bertz CT molecular complexity index is 1970. The van der Waals surface area contributed by atoms with Gasteiger partial charge in [0.05, 0.1) is 23.6 Å². The fraction of sp³-hybridized carbons (Fsp3) is 0.400. The highest BCUT2D eigenvalue weighted by atomic mass is 16.6. The molecule has 1 heterocycles. The molecule has 0 spiro atoms. The van der Waals surface area contributed by atoms with Crippen molar-refractivity contribution in [1.29, 1.82) is 0 Å². The maximum Gasteiger partial charge on any atom is 0.405 e. The molecular weight excluding hydrogens is 741 g/mol. The Morgan fingerprint density at radius 3 is 2.22 bits per heavy atom. The first kappa shape index (κ1) is 45.2. The number of Topliss-reactive ketones (excluding diaryl/α,β-unsaturated/α-hetero) is 1. The first-order valence-electron chi connectivity index (χ1n) is 19.4. The van der Waals surface area contributed by atoms with Crippen LogP contribution in [0.2, 0.25) is 0 Å². The molecule has 13 nitrogen and oxygen atoms in total. The Kier molecular flexibility index (Phi) is 16.6. The van der Waals surface area contributed by atoms with Crippen LogP contribution in [0.3, 0.4) is 0 Å². The second-order valence-corrected chi connectivity index (χ2v) is 14.9. The lowest BCUT2D eigenvalue weighted by molar-refractivity contribution is -0.120. The molecule has 58 heavy (non-hydrogen) atoms. The molecular formula is C45H56N4O9. The van der Waals surface area contributed by atoms with Gasteiger partial charge >= 0.3 is 6.09 Å². The number of carbonyl (C=O) groups is 5. The second-order valence-electron chi connectivity index (χ2n) is 14.9. The minimum atomic E-state index is -1.04. The zero-order chi connectivity index (χ0) is 42.5. The molecule has 0 aromatic heterocycles. The van der Waals surface area contributed by atoms with Gasteiger partial charge in [0, 0.05) is 56.0 Å². The molecule has 2 aromatic rings. The van der Waals surface area contributed by atoms with Gasteiger partial charge in [-0.05, 0) is 68.0 Å². The third kappa shape index (κ3) is 12.3. The van der Waals surface area contributed by atoms with Gasteiger partial charge in [0.15, 0.2) is 6.10 Å². The van der Waals surface area contributed by atoms with Crippen LogP contribution in [-0.2, 0) is 41.7 Å². The van der Waals surface area contributed by atoms with Crippen LogP contribution in [0.25, 0.3) is 0 Å². The van der Waals surface area contributed by atoms with Crippen LogP contribution in [0.4, 0.5) is 4.79 Å². The van der Waals surface area contributed by atoms with Crippen molar-refractivity contribution in [2.45, 2.75) is 85.0 Å². The maximum absolute atomic E-state index is 14.1. The number of allylic oxidation sites excluding steroid dienone is 4. The summed E-state index contributed by atoms with van der Waals surface area (Å²) >= 11 is 0. The molecule has 2 aromatic carbocycles. The fourth-order valence-corrected chi connectivity index (χ4v) is 7.05. The normalized spacial score (nSPS) is 26.2. The number of ketones is 2. The van der Waals surface area contributed by atoms with E-state index in [1.165, 1.54) is 38.9 Å². The number of rotatable bonds is 10. The van der Waals surface area contributed by atoms with Crippen LogP contribution in [0, 0.1) is 11.8 Å². The second kappa shape index (κ2) is 21.3. The van der Waals surface area contributed by atoms with Crippen molar-refractivity contribution >= 4 is 29.5 Å². The molecule has 2 bridgehead atoms. The maximum atomic E-state index is 14.1. The van der Waals surface area contributed by atoms with Gasteiger partial charge in [0.2, 0.25) is 11.6 Å². The molecule has 0 fully saturated rings. The van der Waals surface area contributed by atoms with Crippen LogP contribution in [0.5, 0.6) is 0 Å². The summed E-state index contributed by atoms with van der Waals surface area (Å²) in [6.45, 7) is 11.2. The summed E-state index contributed by atoms with van der Waals surface area (Å²) in [6.07, 6.45) is 3.01. The van der Waals surface area contributed by atoms with Crippen LogP contribution in [-0.4, -0.2) is 84.7 Å². The van der Waals surface area contributed by atoms with E-state index in [1.54, 1.807) is 38.1 Å². The van der Waals surface area contributed by atoms with E-state index in [0.29, 0.717) is 17.7 Å². The molecule has 4 rings (SSSR count). The number of methoxy groups -OCH3 is 2. The number of hydrogen-bond donors (Lipinski definition) is 4. The number of nitrogens with zero attached hydrogens (tertiary/aromatic N) is 1. The van der Waals surface area contributed by atoms with Crippen molar-refractivity contribution in [2.24, 2.45) is 17.6 Å². The number of nitrogens with one attached hydrogen (secondary N) is 2. The average molecular weight is 797 g/mol. The molecule has 3 amide bonds. The molecule has 310 valence electrons. The molecule has 1 aliphatic heterocycles. The summed E-state index contributed by atoms with van der Waals surface area (Å²) in [5, 5.41) is 16.7. The number of fused-ring (bicyclic) bond motifs is 2. The van der Waals surface area contributed by atoms with E-state index in [1.807, 2.05) is 37.3 Å². The zero-order valence-corrected chi connectivity index (χ0v) is 34.3. The van der Waals surface area contributed by atoms with Gasteiger partial charge in [-0.15, -0.1) is 0 Å². The topological polar surface area (TPSA) is 187 Å². The van der Waals surface area contributed by atoms with Crippen molar-refractivity contribution in [3.63, 3.8) is 0 Å². The van der Waals surface area contributed by atoms with Crippen LogP contribution < -0.4 is 16.4 Å². The first-order valence-corrected chi connectivity index (χ1v) is 19.4. The number of amides is 3. The lowest BCUT2D eigenvalue weighted by Crippen LogP contribution is -2.38. The van der Waals surface area contributed by atoms with Gasteiger partial charge in [-0.25, -0.2) is 4.79 Å². The van der Waals surface area contributed by atoms with Crippen molar-refractivity contribution in [1.82, 2.24) is 15.5 Å². The van der Waals surface area contributed by atoms with Crippen molar-refractivity contribution < 1.29 is 43.3 Å². The molecule has 5 N–H and O–H groups in total. The number of carbonyl (C=O) groups excluding carboxylic acids is 5. The van der Waals surface area contributed by atoms with Gasteiger partial charge in [0.1, 0.15) is 6.10 Å². The van der Waals surface area contributed by atoms with E-state index in [4.69, 9.17) is 19.9 Å². The van der Waals surface area contributed by atoms with Crippen LogP contribution >= 0.6 is 0 Å². The third-order valence-corrected chi connectivity index (χ3v) is 10.4. The van der Waals surface area contributed by atoms with Crippen LogP contribution in [0.15, 0.2) is 113 Å². The summed E-state index contributed by atoms with van der Waals surface area (Å²) in [7, 11) is 2.88. The largest absolute Gasteiger partial charge is 0.439 e. The smallest absolute Gasteiger partial charge is 0.405 e. The Balaban J connectivity index is 1.65. The predicted octanol–water partition coefficient (Wildman–Crippen LogP) is 5.21. The fourth-order valence-electron chi connectivity index (χ4n) is 7.05. The summed E-state index contributed by atoms with van der Waals surface area (Å²) in [4.78, 5) is 69.0. The zero-order valence-electron chi connectivity index (χ0n) is 34.3. The Hall–Kier alpha value is -5.47. The van der Waals surface area contributed by atoms with Crippen molar-refractivity contribution in [2.75, 3.05) is 20.8 Å². The lowest BCUT2D eigenvalue weighted by Gasteiger charge is -2.30. The van der Waals surface area contributed by atoms with Gasteiger partial charge in [-0.2, -0.15) is 0 Å². The molecule has 0 unspecified atom stereocenters. The Labute approximate surface area is 340 Å². The quantitative estimate of drug-likeness (QED) is 0.184. The highest BCUT2D eigenvalue weighted by Crippen LogP contribution is 2.29. The number of nitrogens with two attached hydrogens (primary N) is 1. The first-order chi connectivity index (χ1) is 27.6. The monoisotopic (exact) mass is 796 g/mol. The van der Waals surface area contributed by atoms with Crippen molar-refractivity contribution in [3.8, 4) is 0 Å². The number of aliphatic hydroxyl groups excluding tert-OH is 1. The van der Waals surface area contributed by atoms with E-state index in [0.717, 1.165) is 24.7 Å². The molecule has 2 aliphatic rings. The average Bonchev–Trinajstić information content (AvgIpc) is 3.20. The summed E-state index contributed by atoms with van der Waals surface area (Å²) < 4.78 is 16.7. The number of hydrogen-bond acceptors (Lipinski definition) is 10. The standard InChI is InChI=1S/C45H56N4O9/c1-8-49(25-31-14-10-9-11-15-31)26-32-17-19-33(20-18-32)44(54)48-39-34-21-27(2)22-38(57-7)40(51)29(4)23-30(5)42(58-45(46)55)37(56-6)16-12-13-28(3)43(53)47-35(41(34)52)24-36(39)50/h9-20,23-24,27,29,37-38,40,42,51H,8,21-22,25-26H2,1-7H3,(H2,46,55)(H,47,53)(H,48,54)/b16-12-,28-13+,30-23+/t27-,29+,37+,38+,40-,42+/m1/s1. The Morgan fingerprint density at radius 2 is 1.62 bits per heavy atom. The van der Waals surface area contributed by atoms with E-state index < -0.39 is 59.8 Å². The minimum absolute atomic E-state index is 0.0119. The number of aliphatic hydroxyl groups is 1. The minimum Gasteiger partial charge on any atom is -0.439 e. The highest BCUT2D eigenvalue weighted by Gasteiger charge is 2.34. The SMILES string of the molecule is CCN(Cc1ccccc1)Cc1ccc(C(=O)NC2=C3C[C@@H](C)C[C@H](OC)[C@H](O)[C@@H](C)/C=C(\C)[C@H](OC(N)=O)[C@@H](OC)/C=C\C=C(/C)C(=O)NC(=CC2=O)C3=O)cc1. The highest BCUT2D eigenvalue weighted by molar-refractivity contribution is 6.24.